The molecule has 1 aliphatic heterocycles. The van der Waals surface area contributed by atoms with Crippen LogP contribution in [0, 0.1) is 0 Å². The van der Waals surface area contributed by atoms with Crippen molar-refractivity contribution in [3.63, 3.8) is 0 Å². The highest BCUT2D eigenvalue weighted by Crippen LogP contribution is 2.28. The first kappa shape index (κ1) is 21.9. The van der Waals surface area contributed by atoms with Crippen LogP contribution in [0.1, 0.15) is 11.7 Å². The second-order valence-electron chi connectivity index (χ2n) is 7.38. The fourth-order valence-corrected chi connectivity index (χ4v) is 4.02. The van der Waals surface area contributed by atoms with Crippen molar-refractivity contribution in [2.75, 3.05) is 31.1 Å². The van der Waals surface area contributed by atoms with E-state index in [0.717, 1.165) is 11.3 Å². The van der Waals surface area contributed by atoms with Crippen LogP contribution in [0.4, 0.5) is 10.5 Å². The van der Waals surface area contributed by atoms with E-state index in [1.807, 2.05) is 65.5 Å². The van der Waals surface area contributed by atoms with Crippen molar-refractivity contribution in [1.29, 1.82) is 0 Å². The molecule has 0 N–H and O–H groups in total. The number of carbonyl (C=O) groups excluding carboxylic acids is 1. The molecular weight excluding hydrogens is 457 g/mol. The smallest absolute Gasteiger partial charge is 0.410 e. The minimum Gasteiger partial charge on any atom is -0.439 e. The van der Waals surface area contributed by atoms with Gasteiger partial charge in [-0.1, -0.05) is 46.9 Å². The minimum atomic E-state index is -0.412. The zero-order chi connectivity index (χ0) is 21.8. The molecule has 31 heavy (non-hydrogen) atoms. The molecule has 0 aliphatic carbocycles. The molecule has 0 radical (unpaired) electrons. The number of nitrogens with zero attached hydrogens (tertiary/aromatic N) is 3. The molecule has 0 saturated carbocycles. The Hall–Kier alpha value is -2.34. The van der Waals surface area contributed by atoms with E-state index in [9.17, 15) is 4.79 Å². The van der Waals surface area contributed by atoms with Crippen molar-refractivity contribution in [1.82, 2.24) is 9.47 Å². The predicted octanol–water partition coefficient (Wildman–Crippen LogP) is 6.15. The van der Waals surface area contributed by atoms with Crippen molar-refractivity contribution in [2.24, 2.45) is 0 Å². The summed E-state index contributed by atoms with van der Waals surface area (Å²) in [7, 11) is 0. The van der Waals surface area contributed by atoms with Crippen LogP contribution in [0.5, 0.6) is 0 Å². The Morgan fingerprint density at radius 1 is 0.903 bits per heavy atom. The summed E-state index contributed by atoms with van der Waals surface area (Å²) >= 11 is 18.2. The highest BCUT2D eigenvalue weighted by molar-refractivity contribution is 6.42. The predicted molar refractivity (Wildman–Crippen MR) is 125 cm³/mol. The minimum absolute atomic E-state index is 0.319. The molecule has 1 saturated heterocycles. The van der Waals surface area contributed by atoms with Crippen molar-refractivity contribution in [2.45, 2.75) is 12.6 Å². The summed E-state index contributed by atoms with van der Waals surface area (Å²) in [6.45, 7) is 3.04. The zero-order valence-corrected chi connectivity index (χ0v) is 19.0. The van der Waals surface area contributed by atoms with Crippen LogP contribution in [-0.2, 0) is 11.3 Å². The van der Waals surface area contributed by atoms with E-state index in [1.165, 1.54) is 0 Å². The van der Waals surface area contributed by atoms with Gasteiger partial charge in [0.25, 0.3) is 0 Å². The molecule has 1 aliphatic rings. The average Bonchev–Trinajstić information content (AvgIpc) is 3.29. The Morgan fingerprint density at radius 2 is 1.58 bits per heavy atom. The lowest BCUT2D eigenvalue weighted by Crippen LogP contribution is -2.49. The van der Waals surface area contributed by atoms with Crippen molar-refractivity contribution in [3.8, 4) is 0 Å². The van der Waals surface area contributed by atoms with E-state index < -0.39 is 6.10 Å². The number of ether oxygens (including phenoxy) is 1. The molecule has 8 heteroatoms. The molecule has 4 rings (SSSR count). The van der Waals surface area contributed by atoms with Crippen LogP contribution in [0.2, 0.25) is 15.1 Å². The number of benzene rings is 2. The lowest BCUT2D eigenvalue weighted by molar-refractivity contribution is 0.0530. The normalized spacial score (nSPS) is 15.1. The number of hydrogen-bond acceptors (Lipinski definition) is 3. The lowest BCUT2D eigenvalue weighted by Gasteiger charge is -2.36. The van der Waals surface area contributed by atoms with Crippen molar-refractivity contribution < 1.29 is 9.53 Å². The first-order valence-electron chi connectivity index (χ1n) is 10.0. The highest BCUT2D eigenvalue weighted by atomic mass is 35.5. The fourth-order valence-electron chi connectivity index (χ4n) is 3.60. The molecule has 0 bridgehead atoms. The van der Waals surface area contributed by atoms with Crippen LogP contribution in [0.3, 0.4) is 0 Å². The number of halogens is 3. The SMILES string of the molecule is O=C(OC(Cn1cccc1)c1ccc(Cl)cc1)N1CCN(c2ccc(Cl)c(Cl)c2)CC1. The van der Waals surface area contributed by atoms with Gasteiger partial charge in [0.1, 0.15) is 6.10 Å². The molecule has 162 valence electrons. The average molecular weight is 479 g/mol. The van der Waals surface area contributed by atoms with Crippen LogP contribution in [-0.4, -0.2) is 41.7 Å². The number of hydrogen-bond donors (Lipinski definition) is 0. The maximum absolute atomic E-state index is 12.9. The van der Waals surface area contributed by atoms with E-state index in [0.29, 0.717) is 47.8 Å². The molecule has 1 fully saturated rings. The molecule has 1 atom stereocenters. The van der Waals surface area contributed by atoms with Gasteiger partial charge in [-0.3, -0.25) is 0 Å². The van der Waals surface area contributed by atoms with Gasteiger partial charge >= 0.3 is 6.09 Å². The van der Waals surface area contributed by atoms with Crippen LogP contribution < -0.4 is 4.90 Å². The number of aromatic nitrogens is 1. The monoisotopic (exact) mass is 477 g/mol. The van der Waals surface area contributed by atoms with E-state index in [4.69, 9.17) is 39.5 Å². The fraction of sp³-hybridized carbons (Fsp3) is 0.261. The van der Waals surface area contributed by atoms with E-state index in [2.05, 4.69) is 4.90 Å². The molecule has 2 heterocycles. The quantitative estimate of drug-likeness (QED) is 0.441. The van der Waals surface area contributed by atoms with E-state index >= 15 is 0 Å². The third-order valence-electron chi connectivity index (χ3n) is 5.33. The number of amides is 1. The van der Waals surface area contributed by atoms with Gasteiger partial charge in [0.05, 0.1) is 16.6 Å². The molecule has 1 amide bonds. The maximum Gasteiger partial charge on any atom is 0.410 e. The summed E-state index contributed by atoms with van der Waals surface area (Å²) in [4.78, 5) is 16.9. The highest BCUT2D eigenvalue weighted by Gasteiger charge is 2.26. The third-order valence-corrected chi connectivity index (χ3v) is 6.32. The van der Waals surface area contributed by atoms with E-state index in [1.54, 1.807) is 11.0 Å². The Morgan fingerprint density at radius 3 is 2.23 bits per heavy atom. The van der Waals surface area contributed by atoms with Gasteiger partial charge < -0.3 is 19.1 Å². The second-order valence-corrected chi connectivity index (χ2v) is 8.63. The summed E-state index contributed by atoms with van der Waals surface area (Å²) in [6, 6.07) is 16.9. The molecule has 3 aromatic rings. The third kappa shape index (κ3) is 5.48. The summed E-state index contributed by atoms with van der Waals surface area (Å²) in [6.07, 6.45) is 3.17. The Bertz CT molecular complexity index is 1020. The summed E-state index contributed by atoms with van der Waals surface area (Å²) in [5, 5.41) is 1.70. The van der Waals surface area contributed by atoms with Gasteiger partial charge in [0, 0.05) is 49.3 Å². The van der Waals surface area contributed by atoms with Crippen molar-refractivity contribution >= 4 is 46.6 Å². The Kier molecular flexibility index (Phi) is 6.96. The van der Waals surface area contributed by atoms with Crippen LogP contribution in [0.25, 0.3) is 0 Å². The van der Waals surface area contributed by atoms with Gasteiger partial charge in [-0.2, -0.15) is 0 Å². The van der Waals surface area contributed by atoms with Gasteiger partial charge in [-0.15, -0.1) is 0 Å². The molecular formula is C23H22Cl3N3O2. The first-order valence-corrected chi connectivity index (χ1v) is 11.1. The van der Waals surface area contributed by atoms with Gasteiger partial charge in [-0.25, -0.2) is 4.79 Å². The molecule has 0 spiro atoms. The lowest BCUT2D eigenvalue weighted by atomic mass is 10.1. The van der Waals surface area contributed by atoms with Gasteiger partial charge in [0.2, 0.25) is 0 Å². The Labute approximate surface area is 196 Å². The maximum atomic E-state index is 12.9. The van der Waals surface area contributed by atoms with Crippen LogP contribution >= 0.6 is 34.8 Å². The molecule has 1 aromatic heterocycles. The molecule has 5 nitrogen and oxygen atoms in total. The Balaban J connectivity index is 1.40. The number of carbonyl (C=O) groups is 1. The van der Waals surface area contributed by atoms with Crippen molar-refractivity contribution in [3.05, 3.63) is 87.6 Å². The number of anilines is 1. The van der Waals surface area contributed by atoms with Crippen LogP contribution in [0.15, 0.2) is 67.0 Å². The zero-order valence-electron chi connectivity index (χ0n) is 16.8. The first-order chi connectivity index (χ1) is 15.0. The van der Waals surface area contributed by atoms with E-state index in [-0.39, 0.29) is 6.09 Å². The molecule has 1 unspecified atom stereocenters. The number of rotatable bonds is 5. The standard InChI is InChI=1S/C23H22Cl3N3O2/c24-18-5-3-17(4-6-18)22(16-27-9-1-2-10-27)31-23(30)29-13-11-28(12-14-29)19-7-8-20(25)21(26)15-19/h1-10,15,22H,11-14,16H2. The summed E-state index contributed by atoms with van der Waals surface area (Å²) < 4.78 is 7.93. The number of piperazine rings is 1. The summed E-state index contributed by atoms with van der Waals surface area (Å²) in [5.41, 5.74) is 1.90. The van der Waals surface area contributed by atoms with Gasteiger partial charge in [0.15, 0.2) is 0 Å². The topological polar surface area (TPSA) is 37.7 Å². The van der Waals surface area contributed by atoms with Gasteiger partial charge in [-0.05, 0) is 48.0 Å². The molecule has 2 aromatic carbocycles. The largest absolute Gasteiger partial charge is 0.439 e. The summed E-state index contributed by atoms with van der Waals surface area (Å²) in [5.74, 6) is 0. The second kappa shape index (κ2) is 9.86.